The fourth-order valence-electron chi connectivity index (χ4n) is 2.01. The Morgan fingerprint density at radius 3 is 2.71 bits per heavy atom. The second kappa shape index (κ2) is 4.75. The molecule has 2 rings (SSSR count). The van der Waals surface area contributed by atoms with Crippen LogP contribution in [0.2, 0.25) is 0 Å². The first-order chi connectivity index (χ1) is 8.11. The SMILES string of the molecule is Cc1[nH]nc(C(=O)N(C)C2CCOCC2)c1N. The predicted molar refractivity (Wildman–Crippen MR) is 63.7 cm³/mol. The summed E-state index contributed by atoms with van der Waals surface area (Å²) in [7, 11) is 1.79. The molecule has 0 unspecified atom stereocenters. The molecular weight excluding hydrogens is 220 g/mol. The molecule has 94 valence electrons. The number of aryl methyl sites for hydroxylation is 1. The number of nitrogen functional groups attached to an aromatic ring is 1. The Kier molecular flexibility index (Phi) is 3.33. The van der Waals surface area contributed by atoms with Crippen LogP contribution in [0.5, 0.6) is 0 Å². The van der Waals surface area contributed by atoms with Gasteiger partial charge in [-0.15, -0.1) is 0 Å². The van der Waals surface area contributed by atoms with E-state index in [0.717, 1.165) is 18.5 Å². The number of carbonyl (C=O) groups is 1. The number of anilines is 1. The number of nitrogens with two attached hydrogens (primary N) is 1. The fraction of sp³-hybridized carbons (Fsp3) is 0.636. The number of hydrogen-bond donors (Lipinski definition) is 2. The fourth-order valence-corrected chi connectivity index (χ4v) is 2.01. The number of amides is 1. The van der Waals surface area contributed by atoms with Crippen molar-refractivity contribution in [2.24, 2.45) is 0 Å². The number of hydrogen-bond acceptors (Lipinski definition) is 4. The molecule has 1 fully saturated rings. The summed E-state index contributed by atoms with van der Waals surface area (Å²) in [5, 5.41) is 6.69. The molecule has 6 nitrogen and oxygen atoms in total. The van der Waals surface area contributed by atoms with Crippen LogP contribution in [0.4, 0.5) is 5.69 Å². The topological polar surface area (TPSA) is 84.2 Å². The van der Waals surface area contributed by atoms with Gasteiger partial charge < -0.3 is 15.4 Å². The molecule has 0 aliphatic carbocycles. The van der Waals surface area contributed by atoms with E-state index >= 15 is 0 Å². The number of nitrogens with one attached hydrogen (secondary N) is 1. The molecule has 17 heavy (non-hydrogen) atoms. The highest BCUT2D eigenvalue weighted by atomic mass is 16.5. The van der Waals surface area contributed by atoms with Gasteiger partial charge in [-0.2, -0.15) is 5.10 Å². The van der Waals surface area contributed by atoms with Crippen molar-refractivity contribution in [2.75, 3.05) is 26.0 Å². The molecule has 0 atom stereocenters. The molecule has 0 spiro atoms. The number of rotatable bonds is 2. The molecular formula is C11H18N4O2. The lowest BCUT2D eigenvalue weighted by Gasteiger charge is -2.30. The first-order valence-corrected chi connectivity index (χ1v) is 5.76. The predicted octanol–water partition coefficient (Wildman–Crippen LogP) is 0.551. The molecule has 1 amide bonds. The third-order valence-electron chi connectivity index (χ3n) is 3.26. The van der Waals surface area contributed by atoms with Crippen LogP contribution in [0, 0.1) is 6.92 Å². The maximum atomic E-state index is 12.2. The van der Waals surface area contributed by atoms with E-state index < -0.39 is 0 Å². The van der Waals surface area contributed by atoms with E-state index in [1.165, 1.54) is 0 Å². The second-order valence-corrected chi connectivity index (χ2v) is 4.37. The molecule has 0 radical (unpaired) electrons. The normalized spacial score (nSPS) is 17.1. The van der Waals surface area contributed by atoms with Crippen LogP contribution in [0.1, 0.15) is 29.0 Å². The molecule has 0 aromatic carbocycles. The molecule has 1 aromatic rings. The van der Waals surface area contributed by atoms with Gasteiger partial charge in [0.1, 0.15) is 0 Å². The van der Waals surface area contributed by atoms with Crippen LogP contribution >= 0.6 is 0 Å². The molecule has 6 heteroatoms. The number of H-pyrrole nitrogens is 1. The average Bonchev–Trinajstić information content (AvgIpc) is 2.69. The van der Waals surface area contributed by atoms with E-state index in [1.54, 1.807) is 18.9 Å². The van der Waals surface area contributed by atoms with Crippen LogP contribution in [0.25, 0.3) is 0 Å². The number of aromatic nitrogens is 2. The second-order valence-electron chi connectivity index (χ2n) is 4.37. The van der Waals surface area contributed by atoms with E-state index in [0.29, 0.717) is 24.6 Å². The van der Waals surface area contributed by atoms with Gasteiger partial charge in [0, 0.05) is 26.3 Å². The smallest absolute Gasteiger partial charge is 0.276 e. The number of carbonyl (C=O) groups excluding carboxylic acids is 1. The number of aromatic amines is 1. The van der Waals surface area contributed by atoms with Crippen molar-refractivity contribution in [3.05, 3.63) is 11.4 Å². The van der Waals surface area contributed by atoms with Crippen molar-refractivity contribution in [3.63, 3.8) is 0 Å². The van der Waals surface area contributed by atoms with Crippen LogP contribution in [0.15, 0.2) is 0 Å². The van der Waals surface area contributed by atoms with Gasteiger partial charge in [0.15, 0.2) is 5.69 Å². The Morgan fingerprint density at radius 1 is 1.53 bits per heavy atom. The Balaban J connectivity index is 2.11. The van der Waals surface area contributed by atoms with Crippen molar-refractivity contribution in [1.82, 2.24) is 15.1 Å². The zero-order valence-electron chi connectivity index (χ0n) is 10.2. The van der Waals surface area contributed by atoms with Gasteiger partial charge in [-0.1, -0.05) is 0 Å². The van der Waals surface area contributed by atoms with Crippen LogP contribution < -0.4 is 5.73 Å². The van der Waals surface area contributed by atoms with Crippen molar-refractivity contribution >= 4 is 11.6 Å². The van der Waals surface area contributed by atoms with Crippen LogP contribution in [-0.2, 0) is 4.74 Å². The standard InChI is InChI=1S/C11H18N4O2/c1-7-9(12)10(14-13-7)11(16)15(2)8-3-5-17-6-4-8/h8H,3-6,12H2,1-2H3,(H,13,14). The van der Waals surface area contributed by atoms with Crippen LogP contribution in [0.3, 0.4) is 0 Å². The Hall–Kier alpha value is -1.56. The average molecular weight is 238 g/mol. The van der Waals surface area contributed by atoms with Crippen molar-refractivity contribution in [3.8, 4) is 0 Å². The zero-order chi connectivity index (χ0) is 12.4. The van der Waals surface area contributed by atoms with Crippen molar-refractivity contribution in [1.29, 1.82) is 0 Å². The minimum absolute atomic E-state index is 0.126. The van der Waals surface area contributed by atoms with Gasteiger partial charge in [-0.3, -0.25) is 9.89 Å². The summed E-state index contributed by atoms with van der Waals surface area (Å²) in [5.41, 5.74) is 7.29. The van der Waals surface area contributed by atoms with Crippen molar-refractivity contribution < 1.29 is 9.53 Å². The minimum Gasteiger partial charge on any atom is -0.395 e. The molecule has 1 saturated heterocycles. The first-order valence-electron chi connectivity index (χ1n) is 5.76. The van der Waals surface area contributed by atoms with E-state index in [-0.39, 0.29) is 11.9 Å². The highest BCUT2D eigenvalue weighted by Gasteiger charge is 2.26. The quantitative estimate of drug-likeness (QED) is 0.788. The molecule has 1 aliphatic rings. The lowest BCUT2D eigenvalue weighted by molar-refractivity contribution is 0.0359. The summed E-state index contributed by atoms with van der Waals surface area (Å²) >= 11 is 0. The monoisotopic (exact) mass is 238 g/mol. The van der Waals surface area contributed by atoms with E-state index in [1.807, 2.05) is 0 Å². The molecule has 1 aromatic heterocycles. The molecule has 3 N–H and O–H groups in total. The minimum atomic E-state index is -0.126. The summed E-state index contributed by atoms with van der Waals surface area (Å²) < 4.78 is 5.28. The van der Waals surface area contributed by atoms with Gasteiger partial charge in [0.2, 0.25) is 0 Å². The summed E-state index contributed by atoms with van der Waals surface area (Å²) in [6, 6.07) is 0.215. The molecule has 2 heterocycles. The Morgan fingerprint density at radius 2 is 2.18 bits per heavy atom. The highest BCUT2D eigenvalue weighted by molar-refractivity contribution is 5.97. The summed E-state index contributed by atoms with van der Waals surface area (Å²) in [5.74, 6) is -0.126. The number of nitrogens with zero attached hydrogens (tertiary/aromatic N) is 2. The van der Waals surface area contributed by atoms with E-state index in [4.69, 9.17) is 10.5 Å². The van der Waals surface area contributed by atoms with Gasteiger partial charge in [0.25, 0.3) is 5.91 Å². The number of ether oxygens (including phenoxy) is 1. The van der Waals surface area contributed by atoms with E-state index in [2.05, 4.69) is 10.2 Å². The van der Waals surface area contributed by atoms with Crippen LogP contribution in [-0.4, -0.2) is 47.3 Å². The van der Waals surface area contributed by atoms with Gasteiger partial charge in [-0.25, -0.2) is 0 Å². The third kappa shape index (κ3) is 2.26. The summed E-state index contributed by atoms with van der Waals surface area (Å²) in [4.78, 5) is 13.9. The molecule has 0 bridgehead atoms. The highest BCUT2D eigenvalue weighted by Crippen LogP contribution is 2.19. The summed E-state index contributed by atoms with van der Waals surface area (Å²) in [6.45, 7) is 3.21. The molecule has 0 saturated carbocycles. The first kappa shape index (κ1) is 11.9. The van der Waals surface area contributed by atoms with Gasteiger partial charge >= 0.3 is 0 Å². The maximum absolute atomic E-state index is 12.2. The van der Waals surface area contributed by atoms with E-state index in [9.17, 15) is 4.79 Å². The lowest BCUT2D eigenvalue weighted by Crippen LogP contribution is -2.41. The summed E-state index contributed by atoms with van der Waals surface area (Å²) in [6.07, 6.45) is 1.73. The Labute approximate surface area is 100 Å². The van der Waals surface area contributed by atoms with Crippen molar-refractivity contribution in [2.45, 2.75) is 25.8 Å². The van der Waals surface area contributed by atoms with Gasteiger partial charge in [0.05, 0.1) is 11.4 Å². The third-order valence-corrected chi connectivity index (χ3v) is 3.26. The Bertz CT molecular complexity index is 410. The maximum Gasteiger partial charge on any atom is 0.276 e. The lowest BCUT2D eigenvalue weighted by atomic mass is 10.1. The largest absolute Gasteiger partial charge is 0.395 e. The van der Waals surface area contributed by atoms with Gasteiger partial charge in [-0.05, 0) is 19.8 Å². The zero-order valence-corrected chi connectivity index (χ0v) is 10.2. The molecule has 1 aliphatic heterocycles.